The number of carbonyl (C=O) groups excluding carboxylic acids is 2. The van der Waals surface area contributed by atoms with Gasteiger partial charge in [-0.2, -0.15) is 17.5 Å². The number of nitrogens with zero attached hydrogens (tertiary/aromatic N) is 2. The van der Waals surface area contributed by atoms with Crippen molar-refractivity contribution in [3.8, 4) is 5.75 Å². The first-order chi connectivity index (χ1) is 22.0. The minimum atomic E-state index is -4.51. The highest BCUT2D eigenvalue weighted by Crippen LogP contribution is 2.29. The third-order valence-corrected chi connectivity index (χ3v) is 9.77. The Hall–Kier alpha value is -3.27. The molecule has 3 rings (SSSR count). The smallest absolute Gasteiger partial charge is 0.389 e. The lowest BCUT2D eigenvalue weighted by Gasteiger charge is -2.35. The Labute approximate surface area is 273 Å². The molecule has 0 bridgehead atoms. The Morgan fingerprint density at radius 1 is 1.15 bits per heavy atom. The molecule has 262 valence electrons. The van der Waals surface area contributed by atoms with Gasteiger partial charge in [0.05, 0.1) is 41.7 Å². The van der Waals surface area contributed by atoms with E-state index in [0.29, 0.717) is 25.9 Å². The SMILES string of the molecule is C[C@H]1CCCCO[C@@H](CN(C)S(=O)(=O)c2ccc(F)cc2)[C@@H](C)CN([C@@H](C)CO)C(=O)c2cc(NC(=O)CCC(F)(F)F)ccc2O1. The van der Waals surface area contributed by atoms with Gasteiger partial charge in [-0.15, -0.1) is 0 Å². The van der Waals surface area contributed by atoms with Crippen LogP contribution < -0.4 is 10.1 Å². The lowest BCUT2D eigenvalue weighted by Crippen LogP contribution is -2.48. The summed E-state index contributed by atoms with van der Waals surface area (Å²) in [6.45, 7) is 5.07. The molecule has 0 spiro atoms. The van der Waals surface area contributed by atoms with Crippen LogP contribution in [0.25, 0.3) is 0 Å². The number of anilines is 1. The largest absolute Gasteiger partial charge is 0.490 e. The Morgan fingerprint density at radius 2 is 1.83 bits per heavy atom. The van der Waals surface area contributed by atoms with Crippen molar-refractivity contribution in [3.05, 3.63) is 53.8 Å². The standard InChI is InChI=1S/C32H43F4N3O7S/c1-21-18-39(22(2)20-40)31(42)27-17-25(37-30(41)14-15-32(34,35)36)10-13-28(27)46-23(3)7-5-6-16-45-29(21)19-38(4)47(43,44)26-11-8-24(33)9-12-26/h8-13,17,21-23,29,40H,5-7,14-16,18-20H2,1-4H3,(H,37,41)/t21-,22-,23-,29-/m0/s1. The zero-order valence-corrected chi connectivity index (χ0v) is 27.7. The molecule has 2 aromatic rings. The molecule has 0 saturated carbocycles. The predicted octanol–water partition coefficient (Wildman–Crippen LogP) is 5.22. The van der Waals surface area contributed by atoms with Gasteiger partial charge in [-0.3, -0.25) is 9.59 Å². The highest BCUT2D eigenvalue weighted by Gasteiger charge is 2.33. The fourth-order valence-corrected chi connectivity index (χ4v) is 6.26. The van der Waals surface area contributed by atoms with Crippen molar-refractivity contribution in [3.63, 3.8) is 0 Å². The monoisotopic (exact) mass is 689 g/mol. The number of fused-ring (bicyclic) bond motifs is 1. The number of nitrogens with one attached hydrogen (secondary N) is 1. The molecular formula is C32H43F4N3O7S. The maximum Gasteiger partial charge on any atom is 0.389 e. The van der Waals surface area contributed by atoms with E-state index in [1.165, 1.54) is 42.3 Å². The molecule has 1 heterocycles. The average molecular weight is 690 g/mol. The Bertz CT molecular complexity index is 1460. The van der Waals surface area contributed by atoms with Crippen molar-refractivity contribution in [2.24, 2.45) is 5.92 Å². The topological polar surface area (TPSA) is 125 Å². The van der Waals surface area contributed by atoms with Crippen LogP contribution in [0.4, 0.5) is 23.2 Å². The summed E-state index contributed by atoms with van der Waals surface area (Å²) in [4.78, 5) is 27.7. The summed E-state index contributed by atoms with van der Waals surface area (Å²) in [5.74, 6) is -2.28. The summed E-state index contributed by atoms with van der Waals surface area (Å²) >= 11 is 0. The third-order valence-electron chi connectivity index (χ3n) is 7.93. The number of likely N-dealkylation sites (N-methyl/N-ethyl adjacent to an activating group) is 1. The second-order valence-corrected chi connectivity index (χ2v) is 14.0. The molecular weight excluding hydrogens is 646 g/mol. The van der Waals surface area contributed by atoms with Gasteiger partial charge < -0.3 is 24.8 Å². The van der Waals surface area contributed by atoms with E-state index in [4.69, 9.17) is 9.47 Å². The van der Waals surface area contributed by atoms with E-state index in [-0.39, 0.29) is 41.1 Å². The van der Waals surface area contributed by atoms with Crippen LogP contribution in [0.1, 0.15) is 63.2 Å². The van der Waals surface area contributed by atoms with Crippen LogP contribution in [-0.2, 0) is 19.6 Å². The number of aliphatic hydroxyl groups is 1. The first-order valence-electron chi connectivity index (χ1n) is 15.4. The van der Waals surface area contributed by atoms with Crippen molar-refractivity contribution < 1.29 is 50.1 Å². The number of sulfonamides is 1. The molecule has 2 amide bonds. The van der Waals surface area contributed by atoms with Crippen LogP contribution in [0.5, 0.6) is 5.75 Å². The van der Waals surface area contributed by atoms with Gasteiger partial charge in [-0.25, -0.2) is 12.8 Å². The van der Waals surface area contributed by atoms with Crippen molar-refractivity contribution >= 4 is 27.5 Å². The summed E-state index contributed by atoms with van der Waals surface area (Å²) in [6.07, 6.45) is -5.72. The lowest BCUT2D eigenvalue weighted by molar-refractivity contribution is -0.142. The highest BCUT2D eigenvalue weighted by molar-refractivity contribution is 7.89. The van der Waals surface area contributed by atoms with E-state index in [1.54, 1.807) is 13.8 Å². The number of hydrogen-bond acceptors (Lipinski definition) is 7. The van der Waals surface area contributed by atoms with Crippen molar-refractivity contribution in [2.75, 3.05) is 38.7 Å². The molecule has 10 nitrogen and oxygen atoms in total. The first kappa shape index (κ1) is 38.2. The maximum absolute atomic E-state index is 14.2. The zero-order chi connectivity index (χ0) is 34.9. The van der Waals surface area contributed by atoms with Gasteiger partial charge in [0.1, 0.15) is 11.6 Å². The molecule has 15 heteroatoms. The molecule has 1 aliphatic rings. The van der Waals surface area contributed by atoms with Crippen LogP contribution >= 0.6 is 0 Å². The van der Waals surface area contributed by atoms with Gasteiger partial charge in [0.25, 0.3) is 5.91 Å². The number of benzene rings is 2. The quantitative estimate of drug-likeness (QED) is 0.346. The van der Waals surface area contributed by atoms with Gasteiger partial charge >= 0.3 is 6.18 Å². The molecule has 0 saturated heterocycles. The molecule has 47 heavy (non-hydrogen) atoms. The second kappa shape index (κ2) is 16.7. The summed E-state index contributed by atoms with van der Waals surface area (Å²) in [7, 11) is -2.62. The number of rotatable bonds is 9. The van der Waals surface area contributed by atoms with Crippen LogP contribution in [0, 0.1) is 11.7 Å². The van der Waals surface area contributed by atoms with Gasteiger partial charge in [0.2, 0.25) is 15.9 Å². The van der Waals surface area contributed by atoms with E-state index < -0.39 is 71.3 Å². The van der Waals surface area contributed by atoms with Crippen molar-refractivity contribution in [1.29, 1.82) is 0 Å². The Balaban J connectivity index is 1.94. The Kier molecular flexibility index (Phi) is 13.6. The van der Waals surface area contributed by atoms with Gasteiger partial charge in [-0.1, -0.05) is 6.92 Å². The number of ether oxygens (including phenoxy) is 2. The number of carbonyl (C=O) groups is 2. The van der Waals surface area contributed by atoms with E-state index in [2.05, 4.69) is 5.32 Å². The first-order valence-corrected chi connectivity index (χ1v) is 16.9. The zero-order valence-electron chi connectivity index (χ0n) is 26.9. The number of amides is 2. The van der Waals surface area contributed by atoms with E-state index >= 15 is 0 Å². The number of aliphatic hydroxyl groups excluding tert-OH is 1. The molecule has 2 N–H and O–H groups in total. The third kappa shape index (κ3) is 11.2. The summed E-state index contributed by atoms with van der Waals surface area (Å²) in [5.41, 5.74) is 0.128. The fraction of sp³-hybridized carbons (Fsp3) is 0.562. The Morgan fingerprint density at radius 3 is 2.47 bits per heavy atom. The van der Waals surface area contributed by atoms with Gasteiger partial charge in [0, 0.05) is 44.8 Å². The lowest BCUT2D eigenvalue weighted by atomic mass is 10.0. The minimum absolute atomic E-state index is 0.0207. The van der Waals surface area contributed by atoms with Crippen LogP contribution in [0.3, 0.4) is 0 Å². The number of hydrogen-bond donors (Lipinski definition) is 2. The summed E-state index contributed by atoms with van der Waals surface area (Å²) in [5, 5.41) is 12.5. The predicted molar refractivity (Wildman–Crippen MR) is 167 cm³/mol. The van der Waals surface area contributed by atoms with Gasteiger partial charge in [0.15, 0.2) is 0 Å². The second-order valence-electron chi connectivity index (χ2n) is 11.9. The van der Waals surface area contributed by atoms with E-state index in [0.717, 1.165) is 16.4 Å². The molecule has 2 aromatic carbocycles. The molecule has 4 atom stereocenters. The normalized spacial score (nSPS) is 21.0. The molecule has 0 aliphatic carbocycles. The van der Waals surface area contributed by atoms with Crippen molar-refractivity contribution in [2.45, 2.75) is 82.2 Å². The molecule has 0 aromatic heterocycles. The van der Waals surface area contributed by atoms with E-state index in [1.807, 2.05) is 6.92 Å². The minimum Gasteiger partial charge on any atom is -0.490 e. The molecule has 0 unspecified atom stereocenters. The molecule has 1 aliphatic heterocycles. The fourth-order valence-electron chi connectivity index (χ4n) is 5.08. The summed E-state index contributed by atoms with van der Waals surface area (Å²) in [6, 6.07) is 8.01. The number of halogens is 4. The number of alkyl halides is 3. The molecule has 0 radical (unpaired) electrons. The average Bonchev–Trinajstić information content (AvgIpc) is 3.01. The van der Waals surface area contributed by atoms with Crippen LogP contribution in [0.15, 0.2) is 47.4 Å². The van der Waals surface area contributed by atoms with E-state index in [9.17, 15) is 40.7 Å². The van der Waals surface area contributed by atoms with Crippen molar-refractivity contribution in [1.82, 2.24) is 9.21 Å². The summed E-state index contributed by atoms with van der Waals surface area (Å²) < 4.78 is 91.4. The van der Waals surface area contributed by atoms with Gasteiger partial charge in [-0.05, 0) is 75.6 Å². The van der Waals surface area contributed by atoms with Crippen LogP contribution in [-0.4, -0.2) is 92.3 Å². The molecule has 0 fully saturated rings. The maximum atomic E-state index is 14.2. The highest BCUT2D eigenvalue weighted by atomic mass is 32.2. The van der Waals surface area contributed by atoms with Crippen LogP contribution in [0.2, 0.25) is 0 Å².